The summed E-state index contributed by atoms with van der Waals surface area (Å²) in [7, 11) is 0. The van der Waals surface area contributed by atoms with Crippen LogP contribution in [-0.2, 0) is 6.54 Å². The number of aryl methyl sites for hydroxylation is 1. The number of rotatable bonds is 4. The van der Waals surface area contributed by atoms with Gasteiger partial charge in [0.15, 0.2) is 0 Å². The van der Waals surface area contributed by atoms with Gasteiger partial charge in [0, 0.05) is 24.3 Å². The van der Waals surface area contributed by atoms with Crippen LogP contribution in [0, 0.1) is 6.92 Å². The van der Waals surface area contributed by atoms with Gasteiger partial charge in [-0.25, -0.2) is 0 Å². The zero-order valence-corrected chi connectivity index (χ0v) is 13.7. The van der Waals surface area contributed by atoms with E-state index in [1.807, 2.05) is 37.3 Å². The van der Waals surface area contributed by atoms with E-state index in [1.165, 1.54) is 0 Å². The maximum Gasteiger partial charge on any atom is 0.146 e. The summed E-state index contributed by atoms with van der Waals surface area (Å²) in [5, 5.41) is 4.02. The molecule has 4 heteroatoms. The van der Waals surface area contributed by atoms with Gasteiger partial charge in [-0.3, -0.25) is 4.98 Å². The van der Waals surface area contributed by atoms with Crippen molar-refractivity contribution in [1.29, 1.82) is 0 Å². The van der Waals surface area contributed by atoms with E-state index in [0.717, 1.165) is 17.0 Å². The molecule has 0 fully saturated rings. The van der Waals surface area contributed by atoms with Crippen LogP contribution in [0.25, 0.3) is 0 Å². The minimum absolute atomic E-state index is 0.0544. The van der Waals surface area contributed by atoms with Crippen molar-refractivity contribution in [2.75, 3.05) is 0 Å². The van der Waals surface area contributed by atoms with Crippen molar-refractivity contribution in [3.63, 3.8) is 0 Å². The summed E-state index contributed by atoms with van der Waals surface area (Å²) in [6, 6.07) is 9.50. The molecule has 1 N–H and O–H groups in total. The lowest BCUT2D eigenvalue weighted by Gasteiger charge is -2.20. The van der Waals surface area contributed by atoms with Gasteiger partial charge in [0.2, 0.25) is 0 Å². The minimum Gasteiger partial charge on any atom is -0.456 e. The van der Waals surface area contributed by atoms with E-state index >= 15 is 0 Å². The summed E-state index contributed by atoms with van der Waals surface area (Å²) >= 11 is 6.19. The van der Waals surface area contributed by atoms with Crippen molar-refractivity contribution in [3.05, 3.63) is 52.8 Å². The molecule has 0 bridgehead atoms. The maximum absolute atomic E-state index is 6.19. The summed E-state index contributed by atoms with van der Waals surface area (Å²) < 4.78 is 5.84. The molecule has 0 atom stereocenters. The Balaban J connectivity index is 2.10. The third-order valence-corrected chi connectivity index (χ3v) is 3.20. The van der Waals surface area contributed by atoms with E-state index in [4.69, 9.17) is 16.3 Å². The lowest BCUT2D eigenvalue weighted by molar-refractivity contribution is 0.419. The number of ether oxygens (including phenoxy) is 1. The number of pyridine rings is 1. The first-order valence-corrected chi connectivity index (χ1v) is 7.35. The topological polar surface area (TPSA) is 34.1 Å². The smallest absolute Gasteiger partial charge is 0.146 e. The highest BCUT2D eigenvalue weighted by molar-refractivity contribution is 6.32. The van der Waals surface area contributed by atoms with Crippen LogP contribution >= 0.6 is 11.6 Å². The molecule has 0 unspecified atom stereocenters. The molecule has 0 amide bonds. The SMILES string of the molecule is Cc1ccc(Oc2ccnc(CNC(C)(C)C)c2)c(Cl)c1. The highest BCUT2D eigenvalue weighted by Gasteiger charge is 2.10. The molecular weight excluding hydrogens is 284 g/mol. The van der Waals surface area contributed by atoms with Crippen LogP contribution in [-0.4, -0.2) is 10.5 Å². The van der Waals surface area contributed by atoms with E-state index in [0.29, 0.717) is 17.3 Å². The van der Waals surface area contributed by atoms with Gasteiger partial charge in [-0.05, 0) is 51.5 Å². The number of hydrogen-bond acceptors (Lipinski definition) is 3. The van der Waals surface area contributed by atoms with Gasteiger partial charge in [-0.2, -0.15) is 0 Å². The van der Waals surface area contributed by atoms with Gasteiger partial charge in [-0.1, -0.05) is 17.7 Å². The fraction of sp³-hybridized carbons (Fsp3) is 0.353. The van der Waals surface area contributed by atoms with E-state index in [2.05, 4.69) is 31.1 Å². The van der Waals surface area contributed by atoms with E-state index < -0.39 is 0 Å². The fourth-order valence-corrected chi connectivity index (χ4v) is 2.06. The number of hydrogen-bond donors (Lipinski definition) is 1. The maximum atomic E-state index is 6.19. The van der Waals surface area contributed by atoms with Crippen LogP contribution in [0.3, 0.4) is 0 Å². The highest BCUT2D eigenvalue weighted by atomic mass is 35.5. The van der Waals surface area contributed by atoms with Gasteiger partial charge in [0.05, 0.1) is 10.7 Å². The van der Waals surface area contributed by atoms with Crippen molar-refractivity contribution < 1.29 is 4.74 Å². The lowest BCUT2D eigenvalue weighted by Crippen LogP contribution is -2.35. The van der Waals surface area contributed by atoms with Crippen molar-refractivity contribution >= 4 is 11.6 Å². The second kappa shape index (κ2) is 6.46. The third-order valence-electron chi connectivity index (χ3n) is 2.90. The molecule has 21 heavy (non-hydrogen) atoms. The molecule has 0 saturated carbocycles. The standard InChI is InChI=1S/C17H21ClN2O/c1-12-5-6-16(15(18)9-12)21-14-7-8-19-13(10-14)11-20-17(2,3)4/h5-10,20H,11H2,1-4H3. The number of nitrogens with zero attached hydrogens (tertiary/aromatic N) is 1. The first-order valence-electron chi connectivity index (χ1n) is 6.97. The Morgan fingerprint density at radius 2 is 1.95 bits per heavy atom. The fourth-order valence-electron chi connectivity index (χ4n) is 1.79. The number of benzene rings is 1. The highest BCUT2D eigenvalue weighted by Crippen LogP contribution is 2.30. The van der Waals surface area contributed by atoms with Crippen LogP contribution in [0.15, 0.2) is 36.5 Å². The van der Waals surface area contributed by atoms with Gasteiger partial charge in [0.1, 0.15) is 11.5 Å². The van der Waals surface area contributed by atoms with Crippen LogP contribution in [0.2, 0.25) is 5.02 Å². The number of halogens is 1. The summed E-state index contributed by atoms with van der Waals surface area (Å²) in [6.07, 6.45) is 1.75. The molecular formula is C17H21ClN2O. The first-order chi connectivity index (χ1) is 9.83. The second-order valence-electron chi connectivity index (χ2n) is 6.12. The molecule has 2 aromatic rings. The van der Waals surface area contributed by atoms with Gasteiger partial charge < -0.3 is 10.1 Å². The summed E-state index contributed by atoms with van der Waals surface area (Å²) in [4.78, 5) is 4.35. The predicted octanol–water partition coefficient (Wildman–Crippen LogP) is 4.72. The third kappa shape index (κ3) is 5.03. The summed E-state index contributed by atoms with van der Waals surface area (Å²) in [6.45, 7) is 9.07. The normalized spacial score (nSPS) is 11.5. The quantitative estimate of drug-likeness (QED) is 0.887. The summed E-state index contributed by atoms with van der Waals surface area (Å²) in [5.41, 5.74) is 2.10. The molecule has 2 rings (SSSR count). The van der Waals surface area contributed by atoms with Crippen LogP contribution in [0.5, 0.6) is 11.5 Å². The Morgan fingerprint density at radius 3 is 2.62 bits per heavy atom. The average molecular weight is 305 g/mol. The van der Waals surface area contributed by atoms with Crippen LogP contribution in [0.4, 0.5) is 0 Å². The van der Waals surface area contributed by atoms with E-state index in [-0.39, 0.29) is 5.54 Å². The van der Waals surface area contributed by atoms with Crippen LogP contribution < -0.4 is 10.1 Å². The van der Waals surface area contributed by atoms with E-state index in [9.17, 15) is 0 Å². The second-order valence-corrected chi connectivity index (χ2v) is 6.53. The Bertz CT molecular complexity index is 620. The largest absolute Gasteiger partial charge is 0.456 e. The Kier molecular flexibility index (Phi) is 4.86. The first kappa shape index (κ1) is 15.8. The van der Waals surface area contributed by atoms with Gasteiger partial charge in [0.25, 0.3) is 0 Å². The molecule has 0 aliphatic heterocycles. The molecule has 0 aliphatic carbocycles. The van der Waals surface area contributed by atoms with Gasteiger partial charge >= 0.3 is 0 Å². The van der Waals surface area contributed by atoms with E-state index in [1.54, 1.807) is 6.20 Å². The molecule has 0 aliphatic rings. The Hall–Kier alpha value is -1.58. The van der Waals surface area contributed by atoms with Crippen molar-refractivity contribution in [2.24, 2.45) is 0 Å². The van der Waals surface area contributed by atoms with Crippen molar-refractivity contribution in [3.8, 4) is 11.5 Å². The van der Waals surface area contributed by atoms with Crippen molar-refractivity contribution in [1.82, 2.24) is 10.3 Å². The van der Waals surface area contributed by atoms with Gasteiger partial charge in [-0.15, -0.1) is 0 Å². The monoisotopic (exact) mass is 304 g/mol. The Labute approximate surface area is 131 Å². The van der Waals surface area contributed by atoms with Crippen molar-refractivity contribution in [2.45, 2.75) is 39.8 Å². The molecule has 0 radical (unpaired) electrons. The molecule has 112 valence electrons. The molecule has 3 nitrogen and oxygen atoms in total. The zero-order chi connectivity index (χ0) is 15.5. The zero-order valence-electron chi connectivity index (χ0n) is 12.9. The number of aromatic nitrogens is 1. The molecule has 0 saturated heterocycles. The molecule has 1 heterocycles. The average Bonchev–Trinajstić information content (AvgIpc) is 2.39. The molecule has 0 spiro atoms. The molecule has 1 aromatic carbocycles. The lowest BCUT2D eigenvalue weighted by atomic mass is 10.1. The van der Waals surface area contributed by atoms with Crippen LogP contribution in [0.1, 0.15) is 32.0 Å². The predicted molar refractivity (Wildman–Crippen MR) is 87.1 cm³/mol. The summed E-state index contributed by atoms with van der Waals surface area (Å²) in [5.74, 6) is 1.39. The Morgan fingerprint density at radius 1 is 1.19 bits per heavy atom. The minimum atomic E-state index is 0.0544. The molecule has 1 aromatic heterocycles. The number of nitrogens with one attached hydrogen (secondary N) is 1.